The summed E-state index contributed by atoms with van der Waals surface area (Å²) in [6, 6.07) is 5.19. The fraction of sp³-hybridized carbons (Fsp3) is 0.571. The minimum absolute atomic E-state index is 0.0220. The lowest BCUT2D eigenvalue weighted by Crippen LogP contribution is -2.54. The lowest BCUT2D eigenvalue weighted by molar-refractivity contribution is -0.151. The van der Waals surface area contributed by atoms with Gasteiger partial charge in [0.05, 0.1) is 0 Å². The van der Waals surface area contributed by atoms with E-state index in [4.69, 9.17) is 4.74 Å². The van der Waals surface area contributed by atoms with Crippen molar-refractivity contribution in [2.45, 2.75) is 57.7 Å². The van der Waals surface area contributed by atoms with Crippen molar-refractivity contribution in [3.63, 3.8) is 0 Å². The Bertz CT molecular complexity index is 756. The van der Waals surface area contributed by atoms with Gasteiger partial charge in [-0.25, -0.2) is 0 Å². The number of amides is 3. The van der Waals surface area contributed by atoms with Gasteiger partial charge in [0.15, 0.2) is 0 Å². The molecular formula is C21H29N3O4. The monoisotopic (exact) mass is 387 g/mol. The van der Waals surface area contributed by atoms with Crippen molar-refractivity contribution in [1.29, 1.82) is 0 Å². The Kier molecular flexibility index (Phi) is 6.34. The van der Waals surface area contributed by atoms with E-state index in [0.717, 1.165) is 29.7 Å². The van der Waals surface area contributed by atoms with Crippen molar-refractivity contribution in [3.05, 3.63) is 29.3 Å². The first-order valence-corrected chi connectivity index (χ1v) is 9.95. The minimum atomic E-state index is -0.528. The van der Waals surface area contributed by atoms with Crippen molar-refractivity contribution in [1.82, 2.24) is 9.80 Å². The van der Waals surface area contributed by atoms with Gasteiger partial charge in [0.1, 0.15) is 12.1 Å². The van der Waals surface area contributed by atoms with Crippen LogP contribution in [0.5, 0.6) is 0 Å². The largest absolute Gasteiger partial charge is 0.368 e. The zero-order valence-corrected chi connectivity index (χ0v) is 16.9. The van der Waals surface area contributed by atoms with Gasteiger partial charge in [-0.15, -0.1) is 0 Å². The van der Waals surface area contributed by atoms with Crippen LogP contribution < -0.4 is 5.32 Å². The molecule has 7 nitrogen and oxygen atoms in total. The number of benzene rings is 1. The van der Waals surface area contributed by atoms with E-state index in [1.807, 2.05) is 25.1 Å². The molecule has 3 rings (SSSR count). The van der Waals surface area contributed by atoms with Crippen LogP contribution >= 0.6 is 0 Å². The Balaban J connectivity index is 1.86. The summed E-state index contributed by atoms with van der Waals surface area (Å²) < 4.78 is 5.57. The second kappa shape index (κ2) is 8.73. The number of anilines is 1. The molecule has 1 fully saturated rings. The molecule has 1 aromatic rings. The molecule has 0 radical (unpaired) electrons. The molecule has 0 unspecified atom stereocenters. The zero-order valence-electron chi connectivity index (χ0n) is 16.9. The molecular weight excluding hydrogens is 358 g/mol. The molecule has 0 saturated carbocycles. The normalized spacial score (nSPS) is 21.2. The van der Waals surface area contributed by atoms with Crippen molar-refractivity contribution < 1.29 is 19.1 Å². The SMILES string of the molecule is CCCC(=O)Nc1ccc2c(c1)CN(C(=O)[C@@H]1CCCO1)[C@H](C(=O)N(C)C)C2. The molecule has 2 aliphatic heterocycles. The molecule has 2 atom stereocenters. The average Bonchev–Trinajstić information content (AvgIpc) is 3.20. The molecule has 0 spiro atoms. The molecule has 2 aliphatic rings. The summed E-state index contributed by atoms with van der Waals surface area (Å²) in [4.78, 5) is 40.9. The van der Waals surface area contributed by atoms with E-state index >= 15 is 0 Å². The maximum Gasteiger partial charge on any atom is 0.252 e. The first-order valence-electron chi connectivity index (χ1n) is 9.95. The first kappa shape index (κ1) is 20.3. The van der Waals surface area contributed by atoms with Gasteiger partial charge >= 0.3 is 0 Å². The topological polar surface area (TPSA) is 79.0 Å². The highest BCUT2D eigenvalue weighted by atomic mass is 16.5. The van der Waals surface area contributed by atoms with E-state index in [1.165, 1.54) is 4.90 Å². The van der Waals surface area contributed by atoms with Gasteiger partial charge < -0.3 is 19.9 Å². The van der Waals surface area contributed by atoms with Crippen LogP contribution in [0, 0.1) is 0 Å². The zero-order chi connectivity index (χ0) is 20.3. The summed E-state index contributed by atoms with van der Waals surface area (Å²) in [5, 5.41) is 2.90. The van der Waals surface area contributed by atoms with Gasteiger partial charge in [-0.05, 0) is 42.5 Å². The maximum absolute atomic E-state index is 13.1. The third kappa shape index (κ3) is 4.35. The van der Waals surface area contributed by atoms with Gasteiger partial charge in [0.25, 0.3) is 5.91 Å². The Morgan fingerprint density at radius 2 is 2.04 bits per heavy atom. The number of nitrogens with zero attached hydrogens (tertiary/aromatic N) is 2. The predicted molar refractivity (Wildman–Crippen MR) is 106 cm³/mol. The minimum Gasteiger partial charge on any atom is -0.368 e. The van der Waals surface area contributed by atoms with E-state index in [1.54, 1.807) is 19.0 Å². The summed E-state index contributed by atoms with van der Waals surface area (Å²) in [7, 11) is 3.41. The average molecular weight is 387 g/mol. The lowest BCUT2D eigenvalue weighted by atomic mass is 9.92. The highest BCUT2D eigenvalue weighted by molar-refractivity contribution is 5.92. The molecule has 1 aromatic carbocycles. The molecule has 2 heterocycles. The number of rotatable bonds is 5. The summed E-state index contributed by atoms with van der Waals surface area (Å²) in [5.41, 5.74) is 2.72. The third-order valence-electron chi connectivity index (χ3n) is 5.31. The maximum atomic E-state index is 13.1. The van der Waals surface area contributed by atoms with Gasteiger partial charge in [0, 0.05) is 45.8 Å². The fourth-order valence-corrected chi connectivity index (χ4v) is 3.82. The third-order valence-corrected chi connectivity index (χ3v) is 5.31. The van der Waals surface area contributed by atoms with Crippen LogP contribution in [0.1, 0.15) is 43.7 Å². The number of fused-ring (bicyclic) bond motifs is 1. The van der Waals surface area contributed by atoms with E-state index in [0.29, 0.717) is 32.4 Å². The Labute approximate surface area is 166 Å². The quantitative estimate of drug-likeness (QED) is 0.838. The Morgan fingerprint density at radius 1 is 1.25 bits per heavy atom. The van der Waals surface area contributed by atoms with Crippen LogP contribution in [0.25, 0.3) is 0 Å². The van der Waals surface area contributed by atoms with Crippen molar-refractivity contribution in [2.75, 3.05) is 26.0 Å². The van der Waals surface area contributed by atoms with Gasteiger partial charge in [-0.1, -0.05) is 13.0 Å². The van der Waals surface area contributed by atoms with E-state index in [9.17, 15) is 14.4 Å². The fourth-order valence-electron chi connectivity index (χ4n) is 3.82. The molecule has 7 heteroatoms. The number of hydrogen-bond donors (Lipinski definition) is 1. The first-order chi connectivity index (χ1) is 13.4. The number of nitrogens with one attached hydrogen (secondary N) is 1. The molecule has 1 N–H and O–H groups in total. The van der Waals surface area contributed by atoms with Crippen molar-refractivity contribution in [2.24, 2.45) is 0 Å². The number of hydrogen-bond acceptors (Lipinski definition) is 4. The number of carbonyl (C=O) groups excluding carboxylic acids is 3. The van der Waals surface area contributed by atoms with E-state index in [2.05, 4.69) is 5.32 Å². The summed E-state index contributed by atoms with van der Waals surface area (Å²) >= 11 is 0. The molecule has 0 aliphatic carbocycles. The Morgan fingerprint density at radius 3 is 2.68 bits per heavy atom. The standard InChI is InChI=1S/C21H29N3O4/c1-4-6-19(25)22-16-9-8-14-12-17(20(26)23(2)3)24(13-15(14)11-16)21(27)18-7-5-10-28-18/h8-9,11,17-18H,4-7,10,12-13H2,1-3H3,(H,22,25)/t17-,18-/m0/s1. The van der Waals surface area contributed by atoms with Crippen molar-refractivity contribution >= 4 is 23.4 Å². The van der Waals surface area contributed by atoms with Crippen LogP contribution in [0.3, 0.4) is 0 Å². The molecule has 1 saturated heterocycles. The second-order valence-electron chi connectivity index (χ2n) is 7.70. The second-order valence-corrected chi connectivity index (χ2v) is 7.70. The highest BCUT2D eigenvalue weighted by Crippen LogP contribution is 2.29. The highest BCUT2D eigenvalue weighted by Gasteiger charge is 2.39. The number of likely N-dealkylation sites (N-methyl/N-ethyl adjacent to an activating group) is 1. The number of ether oxygens (including phenoxy) is 1. The van der Waals surface area contributed by atoms with Crippen LogP contribution in [0.15, 0.2) is 18.2 Å². The molecule has 3 amide bonds. The molecule has 0 bridgehead atoms. The van der Waals surface area contributed by atoms with Crippen LogP contribution in [0.2, 0.25) is 0 Å². The van der Waals surface area contributed by atoms with Gasteiger partial charge in [-0.3, -0.25) is 14.4 Å². The smallest absolute Gasteiger partial charge is 0.252 e. The summed E-state index contributed by atoms with van der Waals surface area (Å²) in [6.07, 6.45) is 2.81. The van der Waals surface area contributed by atoms with Crippen LogP contribution in [-0.4, -0.2) is 60.4 Å². The molecule has 0 aromatic heterocycles. The summed E-state index contributed by atoms with van der Waals surface area (Å²) in [6.45, 7) is 2.89. The van der Waals surface area contributed by atoms with Gasteiger partial charge in [-0.2, -0.15) is 0 Å². The Hall–Kier alpha value is -2.41. The van der Waals surface area contributed by atoms with Crippen molar-refractivity contribution in [3.8, 4) is 0 Å². The summed E-state index contributed by atoms with van der Waals surface area (Å²) in [5.74, 6) is -0.229. The molecule has 152 valence electrons. The van der Waals surface area contributed by atoms with E-state index < -0.39 is 12.1 Å². The van der Waals surface area contributed by atoms with Crippen LogP contribution in [0.4, 0.5) is 5.69 Å². The lowest BCUT2D eigenvalue weighted by Gasteiger charge is -2.38. The number of carbonyl (C=O) groups is 3. The predicted octanol–water partition coefficient (Wildman–Crippen LogP) is 1.95. The molecule has 28 heavy (non-hydrogen) atoms. The van der Waals surface area contributed by atoms with Gasteiger partial charge in [0.2, 0.25) is 11.8 Å². The van der Waals surface area contributed by atoms with E-state index in [-0.39, 0.29) is 17.7 Å². The van der Waals surface area contributed by atoms with Crippen LogP contribution in [-0.2, 0) is 32.1 Å².